The molecule has 9 atom stereocenters. The minimum absolute atomic E-state index is 0.00267. The number of nitrogens with one attached hydrogen (secondary N) is 2. The van der Waals surface area contributed by atoms with Crippen molar-refractivity contribution in [1.82, 2.24) is 15.5 Å². The number of amides is 3. The predicted molar refractivity (Wildman–Crippen MR) is 220 cm³/mol. The molecule has 1 heterocycles. The fourth-order valence-corrected chi connectivity index (χ4v) is 8.48. The SMILES string of the molecule is CC[C@H](C)[C@H]1C(=O)N[C@H](Cc2cc(Cl)c(O)c(Cl)c2)C(=O)N[C@@H](C(C)(C)O)C(=O)C[C@H](c2ccccc2)[C@H](C)/C=C/C=C(\C)[C@H](OC)C[C@@H]2C[C@@]2(C)C(=O)N1C. The second kappa shape index (κ2) is 18.7. The van der Waals surface area contributed by atoms with Crippen LogP contribution in [0.2, 0.25) is 10.0 Å². The van der Waals surface area contributed by atoms with Crippen molar-refractivity contribution >= 4 is 46.7 Å². The maximum absolute atomic E-state index is 14.4. The molecule has 1 saturated carbocycles. The lowest BCUT2D eigenvalue weighted by atomic mass is 9.80. The summed E-state index contributed by atoms with van der Waals surface area (Å²) in [5.41, 5.74) is -0.0568. The number of carbonyl (C=O) groups excluding carboxylic acids is 4. The quantitative estimate of drug-likeness (QED) is 0.232. The molecule has 2 aromatic rings. The molecule has 1 aliphatic carbocycles. The van der Waals surface area contributed by atoms with Crippen LogP contribution >= 0.6 is 23.2 Å². The minimum Gasteiger partial charge on any atom is -0.505 e. The maximum atomic E-state index is 14.4. The van der Waals surface area contributed by atoms with Crippen LogP contribution in [0.15, 0.2) is 66.3 Å². The highest BCUT2D eigenvalue weighted by atomic mass is 35.5. The number of benzene rings is 2. The second-order valence-electron chi connectivity index (χ2n) is 16.6. The Morgan fingerprint density at radius 1 is 1.05 bits per heavy atom. The first kappa shape index (κ1) is 45.0. The van der Waals surface area contributed by atoms with Gasteiger partial charge in [-0.3, -0.25) is 19.2 Å². The zero-order valence-electron chi connectivity index (χ0n) is 34.1. The average Bonchev–Trinajstić information content (AvgIpc) is 3.81. The number of hydrogen-bond donors (Lipinski definition) is 4. The van der Waals surface area contributed by atoms with Crippen LogP contribution in [0.4, 0.5) is 0 Å². The highest BCUT2D eigenvalue weighted by Crippen LogP contribution is 2.56. The van der Waals surface area contributed by atoms with E-state index in [4.69, 9.17) is 27.9 Å². The average molecular weight is 813 g/mol. The molecule has 4 rings (SSSR count). The number of phenols is 1. The van der Waals surface area contributed by atoms with Gasteiger partial charge in [0.1, 0.15) is 18.1 Å². The number of fused-ring (bicyclic) bond motifs is 1. The predicted octanol–water partition coefficient (Wildman–Crippen LogP) is 7.18. The van der Waals surface area contributed by atoms with E-state index in [9.17, 15) is 29.4 Å². The summed E-state index contributed by atoms with van der Waals surface area (Å²) in [4.78, 5) is 59.0. The van der Waals surface area contributed by atoms with Crippen molar-refractivity contribution in [1.29, 1.82) is 0 Å². The minimum atomic E-state index is -1.70. The maximum Gasteiger partial charge on any atom is 0.243 e. The number of rotatable bonds is 7. The molecule has 2 aliphatic rings. The van der Waals surface area contributed by atoms with Crippen molar-refractivity contribution in [3.05, 3.63) is 87.4 Å². The molecule has 56 heavy (non-hydrogen) atoms. The van der Waals surface area contributed by atoms with Crippen LogP contribution in [0.5, 0.6) is 5.75 Å². The molecule has 1 fully saturated rings. The third-order valence-corrected chi connectivity index (χ3v) is 12.5. The zero-order chi connectivity index (χ0) is 41.7. The number of nitrogens with zero attached hydrogens (tertiary/aromatic N) is 1. The Hall–Kier alpha value is -3.70. The third kappa shape index (κ3) is 10.6. The molecule has 0 spiro atoms. The number of likely N-dealkylation sites (N-methyl/N-ethyl adjacent to an activating group) is 1. The van der Waals surface area contributed by atoms with E-state index in [1.807, 2.05) is 83.2 Å². The summed E-state index contributed by atoms with van der Waals surface area (Å²) >= 11 is 12.5. The number of phenolic OH excluding ortho intramolecular Hbond substituents is 1. The first-order chi connectivity index (χ1) is 26.2. The molecule has 12 heteroatoms. The molecule has 1 aliphatic heterocycles. The Kier molecular flexibility index (Phi) is 15.0. The van der Waals surface area contributed by atoms with E-state index in [1.54, 1.807) is 14.2 Å². The fourth-order valence-electron chi connectivity index (χ4n) is 7.95. The van der Waals surface area contributed by atoms with Gasteiger partial charge in [0.05, 0.1) is 21.8 Å². The Balaban J connectivity index is 1.83. The molecule has 0 radical (unpaired) electrons. The van der Waals surface area contributed by atoms with Crippen LogP contribution in [-0.2, 0) is 30.3 Å². The van der Waals surface area contributed by atoms with Crippen molar-refractivity contribution in [3.63, 3.8) is 0 Å². The van der Waals surface area contributed by atoms with Crippen LogP contribution in [-0.4, -0.2) is 82.6 Å². The van der Waals surface area contributed by atoms with Gasteiger partial charge in [-0.05, 0) is 86.1 Å². The number of halogens is 2. The van der Waals surface area contributed by atoms with Gasteiger partial charge in [-0.15, -0.1) is 0 Å². The molecule has 0 unspecified atom stereocenters. The van der Waals surface area contributed by atoms with Crippen molar-refractivity contribution in [2.75, 3.05) is 14.2 Å². The van der Waals surface area contributed by atoms with Crippen molar-refractivity contribution in [2.45, 2.75) is 116 Å². The Morgan fingerprint density at radius 2 is 1.68 bits per heavy atom. The number of aliphatic hydroxyl groups is 1. The summed E-state index contributed by atoms with van der Waals surface area (Å²) in [7, 11) is 3.29. The number of carbonyl (C=O) groups is 4. The lowest BCUT2D eigenvalue weighted by Crippen LogP contribution is -2.61. The lowest BCUT2D eigenvalue weighted by molar-refractivity contribution is -0.146. The summed E-state index contributed by atoms with van der Waals surface area (Å²) in [6.07, 6.45) is 7.47. The largest absolute Gasteiger partial charge is 0.505 e. The molecule has 3 amide bonds. The van der Waals surface area contributed by atoms with Crippen LogP contribution in [0, 0.1) is 23.2 Å². The molecule has 306 valence electrons. The normalized spacial score (nSPS) is 30.9. The van der Waals surface area contributed by atoms with E-state index in [2.05, 4.69) is 10.6 Å². The number of aromatic hydroxyl groups is 1. The van der Waals surface area contributed by atoms with E-state index in [-0.39, 0.29) is 64.3 Å². The van der Waals surface area contributed by atoms with Crippen LogP contribution in [0.25, 0.3) is 0 Å². The Morgan fingerprint density at radius 3 is 2.25 bits per heavy atom. The molecule has 2 aromatic carbocycles. The van der Waals surface area contributed by atoms with Crippen molar-refractivity contribution in [3.8, 4) is 5.75 Å². The summed E-state index contributed by atoms with van der Waals surface area (Å²) in [6, 6.07) is 8.94. The molecule has 4 N–H and O–H groups in total. The van der Waals surface area contributed by atoms with Crippen LogP contribution < -0.4 is 10.6 Å². The van der Waals surface area contributed by atoms with Crippen molar-refractivity contribution < 1.29 is 34.1 Å². The van der Waals surface area contributed by atoms with E-state index in [0.29, 0.717) is 24.8 Å². The van der Waals surface area contributed by atoms with Crippen LogP contribution in [0.1, 0.15) is 91.2 Å². The second-order valence-corrected chi connectivity index (χ2v) is 17.5. The molecule has 0 aromatic heterocycles. The lowest BCUT2D eigenvalue weighted by Gasteiger charge is -2.35. The summed E-state index contributed by atoms with van der Waals surface area (Å²) in [6.45, 7) is 12.7. The smallest absolute Gasteiger partial charge is 0.243 e. The van der Waals surface area contributed by atoms with Gasteiger partial charge in [-0.25, -0.2) is 0 Å². The number of ketones is 1. The molecular weight excluding hydrogens is 753 g/mol. The monoisotopic (exact) mass is 811 g/mol. The summed E-state index contributed by atoms with van der Waals surface area (Å²) in [5.74, 6) is -2.87. The highest BCUT2D eigenvalue weighted by Gasteiger charge is 2.58. The van der Waals surface area contributed by atoms with Gasteiger partial charge in [0, 0.05) is 32.4 Å². The van der Waals surface area contributed by atoms with Crippen LogP contribution in [0.3, 0.4) is 0 Å². The van der Waals surface area contributed by atoms with Gasteiger partial charge < -0.3 is 30.5 Å². The summed E-state index contributed by atoms with van der Waals surface area (Å²) in [5, 5.41) is 27.2. The summed E-state index contributed by atoms with van der Waals surface area (Å²) < 4.78 is 5.92. The number of methoxy groups -OCH3 is 1. The number of allylic oxidation sites excluding steroid dienone is 3. The first-order valence-electron chi connectivity index (χ1n) is 19.5. The van der Waals surface area contributed by atoms with E-state index in [0.717, 1.165) is 11.1 Å². The van der Waals surface area contributed by atoms with E-state index < -0.39 is 46.7 Å². The topological polar surface area (TPSA) is 145 Å². The highest BCUT2D eigenvalue weighted by molar-refractivity contribution is 6.37. The third-order valence-electron chi connectivity index (χ3n) is 11.9. The van der Waals surface area contributed by atoms with E-state index >= 15 is 0 Å². The number of ether oxygens (including phenoxy) is 1. The van der Waals surface area contributed by atoms with E-state index in [1.165, 1.54) is 30.9 Å². The number of hydrogen-bond acceptors (Lipinski definition) is 7. The Labute approximate surface area is 342 Å². The Bertz CT molecular complexity index is 1790. The fraction of sp³-hybridized carbons (Fsp3) is 0.545. The van der Waals surface area contributed by atoms with Gasteiger partial charge in [-0.2, -0.15) is 0 Å². The molecule has 0 saturated heterocycles. The number of Topliss-reactive ketones (excluding diaryl/α,β-unsaturated/α-hetero) is 1. The van der Waals surface area contributed by atoms with Gasteiger partial charge in [0.2, 0.25) is 17.7 Å². The molecule has 0 bridgehead atoms. The van der Waals surface area contributed by atoms with Gasteiger partial charge >= 0.3 is 0 Å². The zero-order valence-corrected chi connectivity index (χ0v) is 35.6. The van der Waals surface area contributed by atoms with Gasteiger partial charge in [-0.1, -0.05) is 106 Å². The molecule has 10 nitrogen and oxygen atoms in total. The van der Waals surface area contributed by atoms with Gasteiger partial charge in [0.25, 0.3) is 0 Å². The van der Waals surface area contributed by atoms with Crippen molar-refractivity contribution in [2.24, 2.45) is 23.2 Å². The first-order valence-corrected chi connectivity index (χ1v) is 20.2. The molecular formula is C44H59Cl2N3O7. The van der Waals surface area contributed by atoms with Gasteiger partial charge in [0.15, 0.2) is 11.5 Å². The standard InChI is InChI=1S/C44H59Cl2N3O7/c1-10-25(2)37-41(53)47-34(21-28-19-32(45)38(51)33(46)20-28)40(52)48-39(43(5,6)55)35(50)23-31(29-17-12-11-13-18-29)26(3)15-14-16-27(4)36(56-9)22-30-24-44(30,7)42(54)49(37)8/h11-20,25-26,30-31,34,36-37,39,51,55H,10,21-24H2,1-9H3,(H,47,53)(H,48,52)/b15-14+,27-16+/t25-,26+,30+,31-,34+,36+,37-,39+,44+/m0/s1.